The molecule has 3 atom stereocenters. The number of piperidine rings is 1. The van der Waals surface area contributed by atoms with Crippen LogP contribution in [0.2, 0.25) is 0 Å². The fraction of sp³-hybridized carbons (Fsp3) is 0.429. The van der Waals surface area contributed by atoms with Gasteiger partial charge in [0.15, 0.2) is 0 Å². The summed E-state index contributed by atoms with van der Waals surface area (Å²) in [6.45, 7) is 0.528. The largest absolute Gasteiger partial charge is 0.398 e. The first kappa shape index (κ1) is 17.0. The van der Waals surface area contributed by atoms with Gasteiger partial charge in [0.25, 0.3) is 5.91 Å². The number of fused-ring (bicyclic) bond motifs is 1. The maximum atomic E-state index is 13.1. The van der Waals surface area contributed by atoms with Gasteiger partial charge in [-0.25, -0.2) is 0 Å². The molecule has 26 heavy (non-hydrogen) atoms. The van der Waals surface area contributed by atoms with Gasteiger partial charge in [-0.2, -0.15) is 0 Å². The number of nitrogens with two attached hydrogens (primary N) is 1. The summed E-state index contributed by atoms with van der Waals surface area (Å²) in [7, 11) is 0. The van der Waals surface area contributed by atoms with Gasteiger partial charge in [0.2, 0.25) is 0 Å². The van der Waals surface area contributed by atoms with E-state index in [9.17, 15) is 9.90 Å². The summed E-state index contributed by atoms with van der Waals surface area (Å²) in [4.78, 5) is 19.1. The Bertz CT molecular complexity index is 795. The number of benzene rings is 1. The van der Waals surface area contributed by atoms with Gasteiger partial charge in [-0.1, -0.05) is 43.2 Å². The number of rotatable bonds is 2. The number of nitrogen functional groups attached to an aromatic ring is 1. The number of nitrogens with zero attached hydrogens (tertiary/aromatic N) is 2. The van der Waals surface area contributed by atoms with Crippen molar-refractivity contribution in [1.82, 2.24) is 9.88 Å². The summed E-state index contributed by atoms with van der Waals surface area (Å²) < 4.78 is 0. The molecule has 1 aromatic heterocycles. The van der Waals surface area contributed by atoms with Crippen LogP contribution in [0.3, 0.4) is 0 Å². The van der Waals surface area contributed by atoms with Crippen LogP contribution in [-0.4, -0.2) is 33.5 Å². The molecule has 3 N–H and O–H groups in total. The third-order valence-corrected chi connectivity index (χ3v) is 6.10. The molecule has 1 saturated heterocycles. The van der Waals surface area contributed by atoms with Crippen LogP contribution in [-0.2, 0) is 5.60 Å². The number of anilines is 1. The molecule has 1 saturated carbocycles. The topological polar surface area (TPSA) is 79.5 Å². The average molecular weight is 351 g/mol. The molecule has 5 heteroatoms. The average Bonchev–Trinajstić information content (AvgIpc) is 2.69. The Kier molecular flexibility index (Phi) is 4.41. The zero-order valence-electron chi connectivity index (χ0n) is 14.8. The van der Waals surface area contributed by atoms with Crippen LogP contribution < -0.4 is 5.73 Å². The number of carbonyl (C=O) groups excluding carboxylic acids is 1. The Balaban J connectivity index is 1.67. The zero-order valence-corrected chi connectivity index (χ0v) is 14.8. The fourth-order valence-corrected chi connectivity index (χ4v) is 4.76. The van der Waals surface area contributed by atoms with Crippen LogP contribution >= 0.6 is 0 Å². The summed E-state index contributed by atoms with van der Waals surface area (Å²) >= 11 is 0. The monoisotopic (exact) mass is 351 g/mol. The van der Waals surface area contributed by atoms with Crippen molar-refractivity contribution in [1.29, 1.82) is 0 Å². The minimum atomic E-state index is -0.871. The Morgan fingerprint density at radius 2 is 1.96 bits per heavy atom. The predicted octanol–water partition coefficient (Wildman–Crippen LogP) is 2.96. The fourth-order valence-electron chi connectivity index (χ4n) is 4.76. The van der Waals surface area contributed by atoms with Crippen molar-refractivity contribution < 1.29 is 9.90 Å². The summed E-state index contributed by atoms with van der Waals surface area (Å²) in [6, 6.07) is 11.6. The number of hydrogen-bond acceptors (Lipinski definition) is 4. The zero-order chi connectivity index (χ0) is 18.1. The molecule has 1 aromatic carbocycles. The standard InChI is InChI=1S/C21H25N3O2/c22-18-10-12-23-14-16(18)20(25)24-13-11-21(26,15-6-2-1-3-7-15)17-8-4-5-9-19(17)24/h1-3,6-7,10,12,14,17,19,26H,4-5,8-9,11,13H2,(H2,22,23)/t17-,19+,21?/m0/s1. The first-order valence-electron chi connectivity index (χ1n) is 9.39. The number of aliphatic hydroxyl groups is 1. The minimum absolute atomic E-state index is 0.0369. The Labute approximate surface area is 153 Å². The lowest BCUT2D eigenvalue weighted by Gasteiger charge is -2.52. The molecule has 1 aliphatic carbocycles. The van der Waals surface area contributed by atoms with E-state index in [2.05, 4.69) is 4.98 Å². The second-order valence-corrected chi connectivity index (χ2v) is 7.46. The lowest BCUT2D eigenvalue weighted by molar-refractivity contribution is -0.110. The van der Waals surface area contributed by atoms with Gasteiger partial charge in [-0.3, -0.25) is 9.78 Å². The Hall–Kier alpha value is -2.40. The van der Waals surface area contributed by atoms with Gasteiger partial charge in [0, 0.05) is 36.6 Å². The number of pyridine rings is 1. The van der Waals surface area contributed by atoms with E-state index in [1.165, 1.54) is 0 Å². The quantitative estimate of drug-likeness (QED) is 0.872. The van der Waals surface area contributed by atoms with Gasteiger partial charge < -0.3 is 15.7 Å². The van der Waals surface area contributed by atoms with Crippen molar-refractivity contribution in [2.24, 2.45) is 5.92 Å². The Morgan fingerprint density at radius 1 is 1.19 bits per heavy atom. The second-order valence-electron chi connectivity index (χ2n) is 7.46. The lowest BCUT2D eigenvalue weighted by atomic mass is 9.66. The number of aromatic nitrogens is 1. The first-order chi connectivity index (χ1) is 12.6. The molecule has 1 aliphatic heterocycles. The van der Waals surface area contributed by atoms with Crippen LogP contribution in [0.15, 0.2) is 48.8 Å². The second kappa shape index (κ2) is 6.72. The molecular formula is C21H25N3O2. The highest BCUT2D eigenvalue weighted by atomic mass is 16.3. The van der Waals surface area contributed by atoms with Gasteiger partial charge in [-0.05, 0) is 30.9 Å². The van der Waals surface area contributed by atoms with E-state index < -0.39 is 5.60 Å². The maximum Gasteiger partial charge on any atom is 0.257 e. The number of likely N-dealkylation sites (tertiary alicyclic amines) is 1. The van der Waals surface area contributed by atoms with E-state index in [-0.39, 0.29) is 17.9 Å². The third kappa shape index (κ3) is 2.76. The molecular weight excluding hydrogens is 326 g/mol. The van der Waals surface area contributed by atoms with Gasteiger partial charge in [-0.15, -0.1) is 0 Å². The van der Waals surface area contributed by atoms with Crippen molar-refractivity contribution in [3.05, 3.63) is 59.9 Å². The lowest BCUT2D eigenvalue weighted by Crippen LogP contribution is -2.59. The van der Waals surface area contributed by atoms with Gasteiger partial charge in [0.05, 0.1) is 11.2 Å². The molecule has 0 radical (unpaired) electrons. The van der Waals surface area contributed by atoms with Crippen LogP contribution in [0.4, 0.5) is 5.69 Å². The molecule has 2 heterocycles. The normalized spacial score (nSPS) is 28.4. The number of hydrogen-bond donors (Lipinski definition) is 2. The van der Waals surface area contributed by atoms with Crippen molar-refractivity contribution in [2.45, 2.75) is 43.7 Å². The van der Waals surface area contributed by atoms with E-state index >= 15 is 0 Å². The van der Waals surface area contributed by atoms with Crippen molar-refractivity contribution in [3.8, 4) is 0 Å². The predicted molar refractivity (Wildman–Crippen MR) is 100 cm³/mol. The molecule has 136 valence electrons. The van der Waals surface area contributed by atoms with Crippen molar-refractivity contribution in [3.63, 3.8) is 0 Å². The molecule has 5 nitrogen and oxygen atoms in total. The number of carbonyl (C=O) groups is 1. The molecule has 1 amide bonds. The molecule has 2 aliphatic rings. The van der Waals surface area contributed by atoms with Crippen molar-refractivity contribution >= 4 is 11.6 Å². The van der Waals surface area contributed by atoms with E-state index in [4.69, 9.17) is 5.73 Å². The molecule has 1 unspecified atom stereocenters. The summed E-state index contributed by atoms with van der Waals surface area (Å²) in [5.74, 6) is -0.0168. The van der Waals surface area contributed by atoms with Gasteiger partial charge in [0.1, 0.15) is 0 Å². The summed E-state index contributed by atoms with van der Waals surface area (Å²) in [5, 5.41) is 11.6. The SMILES string of the molecule is Nc1ccncc1C(=O)N1CCC(O)(c2ccccc2)[C@H]2CCCC[C@H]21. The highest BCUT2D eigenvalue weighted by molar-refractivity contribution is 5.99. The molecule has 2 aromatic rings. The molecule has 0 spiro atoms. The highest BCUT2D eigenvalue weighted by Gasteiger charge is 2.50. The van der Waals surface area contributed by atoms with Crippen LogP contribution in [0.5, 0.6) is 0 Å². The molecule has 4 rings (SSSR count). The summed E-state index contributed by atoms with van der Waals surface area (Å²) in [6.07, 6.45) is 7.72. The smallest absolute Gasteiger partial charge is 0.257 e. The van der Waals surface area contributed by atoms with Crippen LogP contribution in [0, 0.1) is 5.92 Å². The van der Waals surface area contributed by atoms with E-state index in [1.807, 2.05) is 35.2 Å². The van der Waals surface area contributed by atoms with E-state index in [0.717, 1.165) is 31.2 Å². The van der Waals surface area contributed by atoms with Crippen molar-refractivity contribution in [2.75, 3.05) is 12.3 Å². The summed E-state index contributed by atoms with van der Waals surface area (Å²) in [5.41, 5.74) is 7.01. The third-order valence-electron chi connectivity index (χ3n) is 6.10. The van der Waals surface area contributed by atoms with Crippen LogP contribution in [0.25, 0.3) is 0 Å². The minimum Gasteiger partial charge on any atom is -0.398 e. The van der Waals surface area contributed by atoms with Gasteiger partial charge >= 0.3 is 0 Å². The van der Waals surface area contributed by atoms with E-state index in [1.54, 1.807) is 18.5 Å². The molecule has 0 bridgehead atoms. The first-order valence-corrected chi connectivity index (χ1v) is 9.39. The molecule has 2 fully saturated rings. The number of amides is 1. The maximum absolute atomic E-state index is 13.1. The van der Waals surface area contributed by atoms with E-state index in [0.29, 0.717) is 24.2 Å². The highest BCUT2D eigenvalue weighted by Crippen LogP contribution is 2.47. The van der Waals surface area contributed by atoms with Crippen LogP contribution in [0.1, 0.15) is 48.0 Å². The Morgan fingerprint density at radius 3 is 2.73 bits per heavy atom.